The van der Waals surface area contributed by atoms with Gasteiger partial charge in [-0.1, -0.05) is 35.3 Å². The molecule has 0 bridgehead atoms. The largest absolute Gasteiger partial charge is 0.399 e. The molecule has 5 heteroatoms. The molecule has 104 valence electrons. The van der Waals surface area contributed by atoms with Crippen molar-refractivity contribution < 1.29 is 4.79 Å². The summed E-state index contributed by atoms with van der Waals surface area (Å²) in [7, 11) is 1.69. The lowest BCUT2D eigenvalue weighted by molar-refractivity contribution is 0.0993. The number of nitrogen functional groups attached to an aromatic ring is 1. The predicted octanol–water partition coefficient (Wildman–Crippen LogP) is 4.16. The minimum atomic E-state index is -0.255. The van der Waals surface area contributed by atoms with Gasteiger partial charge < -0.3 is 10.6 Å². The number of hydrogen-bond donors (Lipinski definition) is 1. The second-order valence-electron chi connectivity index (χ2n) is 4.57. The fraction of sp³-hybridized carbons (Fsp3) is 0.133. The van der Waals surface area contributed by atoms with Crippen molar-refractivity contribution in [1.82, 2.24) is 0 Å². The maximum absolute atomic E-state index is 12.5. The molecule has 0 saturated carbocycles. The molecule has 20 heavy (non-hydrogen) atoms. The summed E-state index contributed by atoms with van der Waals surface area (Å²) in [5, 5.41) is 0.484. The van der Waals surface area contributed by atoms with Gasteiger partial charge in [0.2, 0.25) is 0 Å². The van der Waals surface area contributed by atoms with Crippen molar-refractivity contribution in [3.63, 3.8) is 0 Å². The standard InChI is InChI=1S/C15H14Cl2N2O/c1-9-4-3-5-11(6-9)19(2)15(20)12-7-10(18)8-13(16)14(12)17/h3-8H,18H2,1-2H3. The van der Waals surface area contributed by atoms with Gasteiger partial charge in [-0.2, -0.15) is 0 Å². The Kier molecular flexibility index (Phi) is 4.21. The molecule has 2 aromatic carbocycles. The number of aryl methyl sites for hydroxylation is 1. The van der Waals surface area contributed by atoms with Crippen LogP contribution in [0.15, 0.2) is 36.4 Å². The van der Waals surface area contributed by atoms with Crippen molar-refractivity contribution in [1.29, 1.82) is 0 Å². The molecule has 2 rings (SSSR count). The van der Waals surface area contributed by atoms with Gasteiger partial charge in [-0.15, -0.1) is 0 Å². The van der Waals surface area contributed by atoms with Crippen LogP contribution in [-0.4, -0.2) is 13.0 Å². The van der Waals surface area contributed by atoms with Crippen LogP contribution in [0, 0.1) is 6.92 Å². The fourth-order valence-corrected chi connectivity index (χ4v) is 2.32. The number of hydrogen-bond acceptors (Lipinski definition) is 2. The van der Waals surface area contributed by atoms with Crippen molar-refractivity contribution in [2.45, 2.75) is 6.92 Å². The highest BCUT2D eigenvalue weighted by atomic mass is 35.5. The van der Waals surface area contributed by atoms with Crippen LogP contribution in [0.4, 0.5) is 11.4 Å². The summed E-state index contributed by atoms with van der Waals surface area (Å²) in [4.78, 5) is 14.0. The first-order chi connectivity index (χ1) is 9.40. The van der Waals surface area contributed by atoms with Crippen molar-refractivity contribution in [3.05, 3.63) is 57.6 Å². The second kappa shape index (κ2) is 5.73. The molecule has 0 aliphatic rings. The molecule has 1 amide bonds. The molecule has 0 aromatic heterocycles. The molecule has 0 unspecified atom stereocenters. The Bertz CT molecular complexity index is 671. The summed E-state index contributed by atoms with van der Waals surface area (Å²) in [5.41, 5.74) is 8.26. The molecule has 0 aliphatic heterocycles. The van der Waals surface area contributed by atoms with Crippen LogP contribution in [0.3, 0.4) is 0 Å². The Morgan fingerprint density at radius 3 is 2.55 bits per heavy atom. The van der Waals surface area contributed by atoms with Gasteiger partial charge in [0, 0.05) is 18.4 Å². The summed E-state index contributed by atoms with van der Waals surface area (Å²) in [6.45, 7) is 1.96. The molecule has 0 atom stereocenters. The van der Waals surface area contributed by atoms with Gasteiger partial charge in [0.05, 0.1) is 15.6 Å². The van der Waals surface area contributed by atoms with Crippen LogP contribution in [0.1, 0.15) is 15.9 Å². The van der Waals surface area contributed by atoms with E-state index >= 15 is 0 Å². The Morgan fingerprint density at radius 1 is 1.20 bits per heavy atom. The van der Waals surface area contributed by atoms with Gasteiger partial charge in [0.25, 0.3) is 5.91 Å². The monoisotopic (exact) mass is 308 g/mol. The Balaban J connectivity index is 2.41. The molecule has 2 N–H and O–H groups in total. The summed E-state index contributed by atoms with van der Waals surface area (Å²) in [6, 6.07) is 10.7. The number of nitrogens with zero attached hydrogens (tertiary/aromatic N) is 1. The quantitative estimate of drug-likeness (QED) is 0.847. The van der Waals surface area contributed by atoms with E-state index in [1.807, 2.05) is 31.2 Å². The highest BCUT2D eigenvalue weighted by Crippen LogP contribution is 2.30. The van der Waals surface area contributed by atoms with E-state index in [4.69, 9.17) is 28.9 Å². The van der Waals surface area contributed by atoms with Gasteiger partial charge in [-0.05, 0) is 36.8 Å². The third-order valence-electron chi connectivity index (χ3n) is 2.97. The average Bonchev–Trinajstić information content (AvgIpc) is 2.41. The molecular weight excluding hydrogens is 295 g/mol. The Morgan fingerprint density at radius 2 is 1.90 bits per heavy atom. The van der Waals surface area contributed by atoms with Gasteiger partial charge in [-0.25, -0.2) is 0 Å². The van der Waals surface area contributed by atoms with E-state index in [-0.39, 0.29) is 16.0 Å². The Hall–Kier alpha value is -1.71. The fourth-order valence-electron chi connectivity index (χ4n) is 1.90. The number of halogens is 2. The highest BCUT2D eigenvalue weighted by molar-refractivity contribution is 6.44. The maximum Gasteiger partial charge on any atom is 0.259 e. The van der Waals surface area contributed by atoms with Crippen molar-refractivity contribution in [2.75, 3.05) is 17.7 Å². The molecule has 0 spiro atoms. The first-order valence-electron chi connectivity index (χ1n) is 5.99. The molecule has 0 radical (unpaired) electrons. The van der Waals surface area contributed by atoms with E-state index in [1.54, 1.807) is 7.05 Å². The summed E-state index contributed by atoms with van der Waals surface area (Å²) in [6.07, 6.45) is 0. The van der Waals surface area contributed by atoms with Crippen LogP contribution in [-0.2, 0) is 0 Å². The summed E-state index contributed by atoms with van der Waals surface area (Å²) >= 11 is 12.0. The zero-order chi connectivity index (χ0) is 14.9. The summed E-state index contributed by atoms with van der Waals surface area (Å²) in [5.74, 6) is -0.255. The lowest BCUT2D eigenvalue weighted by Crippen LogP contribution is -2.26. The molecule has 2 aromatic rings. The number of carbonyl (C=O) groups excluding carboxylic acids is 1. The average molecular weight is 309 g/mol. The number of carbonyl (C=O) groups is 1. The smallest absolute Gasteiger partial charge is 0.259 e. The van der Waals surface area contributed by atoms with E-state index in [0.717, 1.165) is 11.3 Å². The van der Waals surface area contributed by atoms with Crippen molar-refractivity contribution in [2.24, 2.45) is 0 Å². The minimum Gasteiger partial charge on any atom is -0.399 e. The third-order valence-corrected chi connectivity index (χ3v) is 3.78. The lowest BCUT2D eigenvalue weighted by atomic mass is 10.1. The van der Waals surface area contributed by atoms with Gasteiger partial charge in [0.15, 0.2) is 0 Å². The van der Waals surface area contributed by atoms with Crippen LogP contribution in [0.25, 0.3) is 0 Å². The van der Waals surface area contributed by atoms with Crippen LogP contribution in [0.5, 0.6) is 0 Å². The van der Waals surface area contributed by atoms with Crippen molar-refractivity contribution in [3.8, 4) is 0 Å². The molecule has 0 saturated heterocycles. The Labute approximate surface area is 127 Å². The lowest BCUT2D eigenvalue weighted by Gasteiger charge is -2.19. The van der Waals surface area contributed by atoms with Gasteiger partial charge >= 0.3 is 0 Å². The SMILES string of the molecule is Cc1cccc(N(C)C(=O)c2cc(N)cc(Cl)c2Cl)c1. The zero-order valence-electron chi connectivity index (χ0n) is 11.2. The first-order valence-corrected chi connectivity index (χ1v) is 6.75. The number of anilines is 2. The number of benzene rings is 2. The highest BCUT2D eigenvalue weighted by Gasteiger charge is 2.19. The predicted molar refractivity (Wildman–Crippen MR) is 84.8 cm³/mol. The first kappa shape index (κ1) is 14.7. The normalized spacial score (nSPS) is 10.4. The number of amides is 1. The molecule has 3 nitrogen and oxygen atoms in total. The summed E-state index contributed by atoms with van der Waals surface area (Å²) < 4.78 is 0. The number of nitrogens with two attached hydrogens (primary N) is 1. The van der Waals surface area contributed by atoms with Crippen LogP contribution < -0.4 is 10.6 Å². The molecule has 0 heterocycles. The maximum atomic E-state index is 12.5. The minimum absolute atomic E-state index is 0.213. The van der Waals surface area contributed by atoms with E-state index in [2.05, 4.69) is 0 Å². The van der Waals surface area contributed by atoms with Gasteiger partial charge in [-0.3, -0.25) is 4.79 Å². The second-order valence-corrected chi connectivity index (χ2v) is 5.35. The van der Waals surface area contributed by atoms with Gasteiger partial charge in [0.1, 0.15) is 0 Å². The zero-order valence-corrected chi connectivity index (χ0v) is 12.7. The molecule has 0 aliphatic carbocycles. The van der Waals surface area contributed by atoms with E-state index in [1.165, 1.54) is 17.0 Å². The van der Waals surface area contributed by atoms with Crippen molar-refractivity contribution >= 4 is 40.5 Å². The van der Waals surface area contributed by atoms with E-state index in [0.29, 0.717) is 11.3 Å². The van der Waals surface area contributed by atoms with E-state index in [9.17, 15) is 4.79 Å². The third kappa shape index (κ3) is 2.89. The van der Waals surface area contributed by atoms with Crippen LogP contribution in [0.2, 0.25) is 10.0 Å². The van der Waals surface area contributed by atoms with Crippen LogP contribution >= 0.6 is 23.2 Å². The molecule has 0 fully saturated rings. The molecular formula is C15H14Cl2N2O. The number of rotatable bonds is 2. The van der Waals surface area contributed by atoms with E-state index < -0.39 is 0 Å². The topological polar surface area (TPSA) is 46.3 Å².